The molecule has 0 spiro atoms. The molecule has 3 atom stereocenters. The van der Waals surface area contributed by atoms with E-state index in [1.807, 2.05) is 0 Å². The van der Waals surface area contributed by atoms with Crippen LogP contribution in [0.15, 0.2) is 0 Å². The van der Waals surface area contributed by atoms with Gasteiger partial charge in [-0.05, 0) is 32.6 Å². The summed E-state index contributed by atoms with van der Waals surface area (Å²) in [7, 11) is 0. The van der Waals surface area contributed by atoms with Crippen molar-refractivity contribution in [3.8, 4) is 0 Å². The van der Waals surface area contributed by atoms with Gasteiger partial charge in [-0.3, -0.25) is 4.79 Å². The number of fused-ring (bicyclic) bond motifs is 1. The maximum Gasteiger partial charge on any atom is 0.309 e. The summed E-state index contributed by atoms with van der Waals surface area (Å²) >= 11 is 0. The number of ether oxygens (including phenoxy) is 2. The molecule has 0 aromatic carbocycles. The molecule has 1 aliphatic carbocycles. The third kappa shape index (κ3) is 3.47. The van der Waals surface area contributed by atoms with Crippen LogP contribution < -0.4 is 0 Å². The number of hydrogen-bond acceptors (Lipinski definition) is 3. The lowest BCUT2D eigenvalue weighted by Crippen LogP contribution is -2.29. The number of carbonyl (C=O) groups excluding carboxylic acids is 1. The maximum atomic E-state index is 11.9. The Morgan fingerprint density at radius 2 is 2.06 bits per heavy atom. The Balaban J connectivity index is 1.57. The third-order valence-corrected chi connectivity index (χ3v) is 4.29. The molecule has 2 fully saturated rings. The molecule has 0 radical (unpaired) electrons. The lowest BCUT2D eigenvalue weighted by Gasteiger charge is -2.21. The molecule has 0 aromatic heterocycles. The van der Waals surface area contributed by atoms with E-state index >= 15 is 0 Å². The maximum absolute atomic E-state index is 11.9. The lowest BCUT2D eigenvalue weighted by molar-refractivity contribution is -0.150. The molecule has 0 bridgehead atoms. The molecule has 1 heterocycles. The van der Waals surface area contributed by atoms with Gasteiger partial charge in [0.15, 0.2) is 0 Å². The normalized spacial score (nSPS) is 33.9. The van der Waals surface area contributed by atoms with E-state index in [4.69, 9.17) is 9.47 Å². The van der Waals surface area contributed by atoms with Gasteiger partial charge in [-0.1, -0.05) is 32.6 Å². The molecule has 3 unspecified atom stereocenters. The van der Waals surface area contributed by atoms with Crippen molar-refractivity contribution in [2.24, 2.45) is 5.92 Å². The first-order valence-corrected chi connectivity index (χ1v) is 7.50. The highest BCUT2D eigenvalue weighted by molar-refractivity contribution is 5.72. The highest BCUT2D eigenvalue weighted by atomic mass is 16.6. The third-order valence-electron chi connectivity index (χ3n) is 4.29. The number of carbonyl (C=O) groups is 1. The van der Waals surface area contributed by atoms with E-state index in [0.29, 0.717) is 12.7 Å². The van der Waals surface area contributed by atoms with Crippen molar-refractivity contribution in [3.05, 3.63) is 0 Å². The average molecular weight is 254 g/mol. The van der Waals surface area contributed by atoms with Crippen molar-refractivity contribution in [3.63, 3.8) is 0 Å². The zero-order valence-electron chi connectivity index (χ0n) is 11.7. The summed E-state index contributed by atoms with van der Waals surface area (Å²) in [6.07, 6.45) is 9.20. The smallest absolute Gasteiger partial charge is 0.309 e. The Bertz CT molecular complexity index is 289. The van der Waals surface area contributed by atoms with Gasteiger partial charge in [0.05, 0.1) is 24.2 Å². The molecule has 0 amide bonds. The quantitative estimate of drug-likeness (QED) is 0.397. The minimum absolute atomic E-state index is 0.000617. The molecule has 3 nitrogen and oxygen atoms in total. The number of epoxide rings is 1. The standard InChI is InChI=1S/C15H26O3/c1-3-4-5-6-7-10-17-14(16)12-8-9-13-15(2,11-12)18-13/h12-13H,3-11H2,1-2H3. The van der Waals surface area contributed by atoms with Crippen LogP contribution in [0, 0.1) is 5.92 Å². The fourth-order valence-electron chi connectivity index (χ4n) is 2.98. The molecule has 18 heavy (non-hydrogen) atoms. The monoisotopic (exact) mass is 254 g/mol. The van der Waals surface area contributed by atoms with E-state index in [1.54, 1.807) is 0 Å². The van der Waals surface area contributed by atoms with Gasteiger partial charge in [0.2, 0.25) is 0 Å². The molecule has 2 aliphatic rings. The highest BCUT2D eigenvalue weighted by Crippen LogP contribution is 2.49. The molecular formula is C15H26O3. The highest BCUT2D eigenvalue weighted by Gasteiger charge is 2.56. The van der Waals surface area contributed by atoms with Gasteiger partial charge in [-0.2, -0.15) is 0 Å². The Hall–Kier alpha value is -0.570. The van der Waals surface area contributed by atoms with Crippen LogP contribution in [0.3, 0.4) is 0 Å². The van der Waals surface area contributed by atoms with Crippen molar-refractivity contribution in [1.82, 2.24) is 0 Å². The molecule has 104 valence electrons. The van der Waals surface area contributed by atoms with Gasteiger partial charge in [-0.15, -0.1) is 0 Å². The summed E-state index contributed by atoms with van der Waals surface area (Å²) in [5.74, 6) is 0.0741. The SMILES string of the molecule is CCCCCCCOC(=O)C1CCC2OC2(C)C1. The molecule has 3 heteroatoms. The fraction of sp³-hybridized carbons (Fsp3) is 0.933. The van der Waals surface area contributed by atoms with E-state index in [-0.39, 0.29) is 17.5 Å². The van der Waals surface area contributed by atoms with E-state index in [0.717, 1.165) is 25.7 Å². The topological polar surface area (TPSA) is 38.8 Å². The summed E-state index contributed by atoms with van der Waals surface area (Å²) in [5, 5.41) is 0. The second kappa shape index (κ2) is 6.05. The summed E-state index contributed by atoms with van der Waals surface area (Å²) in [5.41, 5.74) is -0.0109. The summed E-state index contributed by atoms with van der Waals surface area (Å²) in [4.78, 5) is 11.9. The van der Waals surface area contributed by atoms with Gasteiger partial charge >= 0.3 is 5.97 Å². The predicted molar refractivity (Wildman–Crippen MR) is 70.3 cm³/mol. The largest absolute Gasteiger partial charge is 0.465 e. The number of hydrogen-bond donors (Lipinski definition) is 0. The first-order valence-electron chi connectivity index (χ1n) is 7.50. The van der Waals surface area contributed by atoms with Crippen LogP contribution in [0.25, 0.3) is 0 Å². The molecular weight excluding hydrogens is 228 g/mol. The van der Waals surface area contributed by atoms with E-state index < -0.39 is 0 Å². The van der Waals surface area contributed by atoms with Gasteiger partial charge in [0, 0.05) is 0 Å². The van der Waals surface area contributed by atoms with Gasteiger partial charge in [0.25, 0.3) is 0 Å². The zero-order chi connectivity index (χ0) is 13.0. The van der Waals surface area contributed by atoms with Crippen LogP contribution in [-0.2, 0) is 14.3 Å². The fourth-order valence-corrected chi connectivity index (χ4v) is 2.98. The minimum Gasteiger partial charge on any atom is -0.465 e. The van der Waals surface area contributed by atoms with Crippen molar-refractivity contribution in [2.75, 3.05) is 6.61 Å². The first-order chi connectivity index (χ1) is 8.65. The van der Waals surface area contributed by atoms with Crippen LogP contribution in [0.2, 0.25) is 0 Å². The Morgan fingerprint density at radius 1 is 1.28 bits per heavy atom. The van der Waals surface area contributed by atoms with Crippen LogP contribution in [0.4, 0.5) is 0 Å². The summed E-state index contributed by atoms with van der Waals surface area (Å²) in [6, 6.07) is 0. The van der Waals surface area contributed by atoms with Crippen LogP contribution in [-0.4, -0.2) is 24.3 Å². The van der Waals surface area contributed by atoms with Gasteiger partial charge < -0.3 is 9.47 Å². The Labute approximate surface area is 110 Å². The average Bonchev–Trinajstić information content (AvgIpc) is 3.03. The van der Waals surface area contributed by atoms with E-state index in [1.165, 1.54) is 25.7 Å². The molecule has 0 N–H and O–H groups in total. The van der Waals surface area contributed by atoms with Gasteiger partial charge in [0.1, 0.15) is 0 Å². The Kier molecular flexibility index (Phi) is 4.66. The van der Waals surface area contributed by atoms with E-state index in [2.05, 4.69) is 13.8 Å². The van der Waals surface area contributed by atoms with Crippen LogP contribution in [0.5, 0.6) is 0 Å². The van der Waals surface area contributed by atoms with Crippen molar-refractivity contribution in [2.45, 2.75) is 76.9 Å². The number of esters is 1. The molecule has 2 rings (SSSR count). The summed E-state index contributed by atoms with van der Waals surface area (Å²) in [6.45, 7) is 4.92. The Morgan fingerprint density at radius 3 is 2.78 bits per heavy atom. The van der Waals surface area contributed by atoms with Crippen molar-refractivity contribution < 1.29 is 14.3 Å². The first kappa shape index (κ1) is 13.9. The van der Waals surface area contributed by atoms with Crippen molar-refractivity contribution in [1.29, 1.82) is 0 Å². The molecule has 1 aliphatic heterocycles. The van der Waals surface area contributed by atoms with Crippen LogP contribution in [0.1, 0.15) is 65.2 Å². The van der Waals surface area contributed by atoms with Crippen molar-refractivity contribution >= 4 is 5.97 Å². The lowest BCUT2D eigenvalue weighted by atomic mass is 9.82. The predicted octanol–water partition coefficient (Wildman–Crippen LogP) is 3.46. The minimum atomic E-state index is -0.0109. The number of unbranched alkanes of at least 4 members (excludes halogenated alkanes) is 4. The molecule has 0 aromatic rings. The molecule has 1 saturated heterocycles. The van der Waals surface area contributed by atoms with Crippen LogP contribution >= 0.6 is 0 Å². The number of rotatable bonds is 7. The summed E-state index contributed by atoms with van der Waals surface area (Å²) < 4.78 is 11.0. The second-order valence-electron chi connectivity index (χ2n) is 5.98. The van der Waals surface area contributed by atoms with E-state index in [9.17, 15) is 4.79 Å². The molecule has 1 saturated carbocycles. The second-order valence-corrected chi connectivity index (χ2v) is 5.98. The zero-order valence-corrected chi connectivity index (χ0v) is 11.7. The van der Waals surface area contributed by atoms with Gasteiger partial charge in [-0.25, -0.2) is 0 Å².